The topological polar surface area (TPSA) is 132 Å². The number of halogens is 6. The van der Waals surface area contributed by atoms with Crippen LogP contribution < -0.4 is 15.8 Å². The van der Waals surface area contributed by atoms with Gasteiger partial charge in [0, 0.05) is 24.2 Å². The van der Waals surface area contributed by atoms with Crippen molar-refractivity contribution in [3.63, 3.8) is 0 Å². The highest BCUT2D eigenvalue weighted by Gasteiger charge is 2.34. The molecular formula is C24H21F6N3O5S. The van der Waals surface area contributed by atoms with E-state index in [1.54, 1.807) is 0 Å². The molecule has 1 unspecified atom stereocenters. The summed E-state index contributed by atoms with van der Waals surface area (Å²) in [6, 6.07) is 10.7. The Morgan fingerprint density at radius 2 is 1.56 bits per heavy atom. The molecule has 8 nitrogen and oxygen atoms in total. The molecule has 15 heteroatoms. The Morgan fingerprint density at radius 3 is 2.10 bits per heavy atom. The van der Waals surface area contributed by atoms with Crippen LogP contribution in [-0.2, 0) is 40.4 Å². The predicted octanol–water partition coefficient (Wildman–Crippen LogP) is 4.92. The Labute approximate surface area is 218 Å². The summed E-state index contributed by atoms with van der Waals surface area (Å²) < 4.78 is 116. The number of carbonyl (C=O) groups excluding carboxylic acids is 1. The third-order valence-electron chi connectivity index (χ3n) is 5.40. The molecule has 0 aliphatic heterocycles. The van der Waals surface area contributed by atoms with Gasteiger partial charge in [0.1, 0.15) is 17.6 Å². The third-order valence-corrected chi connectivity index (χ3v) is 6.56. The van der Waals surface area contributed by atoms with Crippen LogP contribution in [0.3, 0.4) is 0 Å². The van der Waals surface area contributed by atoms with Crippen LogP contribution in [0.4, 0.5) is 32.0 Å². The van der Waals surface area contributed by atoms with Crippen molar-refractivity contribution < 1.29 is 48.8 Å². The number of hydrogen-bond acceptors (Lipinski definition) is 6. The Morgan fingerprint density at radius 1 is 0.949 bits per heavy atom. The smallest absolute Gasteiger partial charge is 0.433 e. The zero-order valence-electron chi connectivity index (χ0n) is 19.8. The van der Waals surface area contributed by atoms with Crippen LogP contribution in [0.25, 0.3) is 0 Å². The van der Waals surface area contributed by atoms with Crippen molar-refractivity contribution in [3.8, 4) is 5.88 Å². The van der Waals surface area contributed by atoms with E-state index in [1.165, 1.54) is 24.3 Å². The molecule has 2 aromatic carbocycles. The summed E-state index contributed by atoms with van der Waals surface area (Å²) in [4.78, 5) is 15.9. The second-order valence-electron chi connectivity index (χ2n) is 8.29. The number of alkyl halides is 6. The van der Waals surface area contributed by atoms with Crippen molar-refractivity contribution in [3.05, 3.63) is 88.6 Å². The number of aromatic nitrogens is 1. The number of nitrogens with two attached hydrogens (primary N) is 1. The van der Waals surface area contributed by atoms with Crippen LogP contribution in [0.1, 0.15) is 39.6 Å². The summed E-state index contributed by atoms with van der Waals surface area (Å²) >= 11 is 0. The van der Waals surface area contributed by atoms with E-state index in [2.05, 4.69) is 10.3 Å². The number of benzene rings is 2. The fraction of sp³-hybridized carbons (Fsp3) is 0.250. The largest absolute Gasteiger partial charge is 0.473 e. The van der Waals surface area contributed by atoms with Crippen molar-refractivity contribution in [2.75, 3.05) is 5.73 Å². The van der Waals surface area contributed by atoms with Crippen molar-refractivity contribution in [2.24, 2.45) is 0 Å². The molecule has 1 aromatic heterocycles. The van der Waals surface area contributed by atoms with Crippen molar-refractivity contribution >= 4 is 21.7 Å². The van der Waals surface area contributed by atoms with Gasteiger partial charge in [0.25, 0.3) is 10.1 Å². The number of carbonyl (C=O) groups is 1. The zero-order valence-corrected chi connectivity index (χ0v) is 20.6. The number of amides is 1. The standard InChI is InChI=1S/C24H21F6N3O5S/c25-23(26,27)17-6-1-14(2-7-17)13-38-22-16(5-10-20(33-22)24(28,29)30)12-32-21(34)11-19(39(35,36)37)15-3-8-18(31)9-4-15/h1-10,19H,11-13,31H2,(H,32,34)(H,35,36,37). The molecular weight excluding hydrogens is 556 g/mol. The molecule has 3 rings (SSSR count). The van der Waals surface area contributed by atoms with Gasteiger partial charge in [-0.2, -0.15) is 34.8 Å². The van der Waals surface area contributed by atoms with E-state index >= 15 is 0 Å². The lowest BCUT2D eigenvalue weighted by Crippen LogP contribution is -2.27. The minimum absolute atomic E-state index is 0.0286. The van der Waals surface area contributed by atoms with Crippen LogP contribution in [0.15, 0.2) is 60.7 Å². The second-order valence-corrected chi connectivity index (χ2v) is 9.89. The molecule has 1 atom stereocenters. The van der Waals surface area contributed by atoms with Crippen molar-refractivity contribution in [1.82, 2.24) is 10.3 Å². The average molecular weight is 578 g/mol. The SMILES string of the molecule is Nc1ccc(C(CC(=O)NCc2ccc(C(F)(F)F)nc2OCc2ccc(C(F)(F)F)cc2)S(=O)(=O)O)cc1. The van der Waals surface area contributed by atoms with E-state index in [1.807, 2.05) is 0 Å². The van der Waals surface area contributed by atoms with Gasteiger partial charge < -0.3 is 15.8 Å². The Balaban J connectivity index is 1.76. The first-order valence-corrected chi connectivity index (χ1v) is 12.5. The van der Waals surface area contributed by atoms with E-state index in [9.17, 15) is 44.1 Å². The van der Waals surface area contributed by atoms with Gasteiger partial charge in [0.15, 0.2) is 0 Å². The quantitative estimate of drug-likeness (QED) is 0.187. The van der Waals surface area contributed by atoms with Crippen molar-refractivity contribution in [2.45, 2.75) is 37.2 Å². The highest BCUT2D eigenvalue weighted by Crippen LogP contribution is 2.32. The molecule has 0 radical (unpaired) electrons. The summed E-state index contributed by atoms with van der Waals surface area (Å²) in [5, 5.41) is 0.698. The van der Waals surface area contributed by atoms with Gasteiger partial charge in [-0.05, 0) is 47.5 Å². The number of rotatable bonds is 9. The second kappa shape index (κ2) is 11.5. The molecule has 0 saturated carbocycles. The van der Waals surface area contributed by atoms with Gasteiger partial charge >= 0.3 is 12.4 Å². The fourth-order valence-corrected chi connectivity index (χ4v) is 4.23. The molecule has 1 heterocycles. The molecule has 0 saturated heterocycles. The summed E-state index contributed by atoms with van der Waals surface area (Å²) in [6.07, 6.45) is -10.1. The van der Waals surface area contributed by atoms with Gasteiger partial charge in [0.05, 0.1) is 5.56 Å². The van der Waals surface area contributed by atoms with Crippen LogP contribution in [0, 0.1) is 0 Å². The number of pyridine rings is 1. The molecule has 4 N–H and O–H groups in total. The molecule has 1 amide bonds. The first kappa shape index (κ1) is 29.7. The number of anilines is 1. The van der Waals surface area contributed by atoms with Crippen molar-refractivity contribution in [1.29, 1.82) is 0 Å². The van der Waals surface area contributed by atoms with Gasteiger partial charge in [-0.25, -0.2) is 4.98 Å². The summed E-state index contributed by atoms with van der Waals surface area (Å²) in [7, 11) is -4.72. The van der Waals surface area contributed by atoms with Gasteiger partial charge in [-0.15, -0.1) is 0 Å². The van der Waals surface area contributed by atoms with Crippen LogP contribution in [0.5, 0.6) is 5.88 Å². The molecule has 3 aromatic rings. The molecule has 0 bridgehead atoms. The van der Waals surface area contributed by atoms with E-state index < -0.39 is 70.3 Å². The molecule has 210 valence electrons. The van der Waals surface area contributed by atoms with E-state index in [-0.39, 0.29) is 16.7 Å². The maximum Gasteiger partial charge on any atom is 0.433 e. The Hall–Kier alpha value is -3.85. The average Bonchev–Trinajstić information content (AvgIpc) is 2.84. The fourth-order valence-electron chi connectivity index (χ4n) is 3.37. The lowest BCUT2D eigenvalue weighted by Gasteiger charge is -2.16. The first-order chi connectivity index (χ1) is 18.0. The summed E-state index contributed by atoms with van der Waals surface area (Å²) in [5.74, 6) is -1.42. The van der Waals surface area contributed by atoms with Gasteiger partial charge in [0.2, 0.25) is 11.8 Å². The summed E-state index contributed by atoms with van der Waals surface area (Å²) in [5.41, 5.74) is 3.90. The minimum atomic E-state index is -4.84. The summed E-state index contributed by atoms with van der Waals surface area (Å²) in [6.45, 7) is -0.873. The lowest BCUT2D eigenvalue weighted by atomic mass is 10.1. The zero-order chi connectivity index (χ0) is 29.0. The minimum Gasteiger partial charge on any atom is -0.473 e. The lowest BCUT2D eigenvalue weighted by molar-refractivity contribution is -0.141. The highest BCUT2D eigenvalue weighted by molar-refractivity contribution is 7.86. The van der Waals surface area contributed by atoms with Gasteiger partial charge in [-0.1, -0.05) is 24.3 Å². The van der Waals surface area contributed by atoms with Gasteiger partial charge in [-0.3, -0.25) is 9.35 Å². The maximum atomic E-state index is 13.2. The molecule has 0 fully saturated rings. The number of hydrogen-bond donors (Lipinski definition) is 3. The number of ether oxygens (including phenoxy) is 1. The van der Waals surface area contributed by atoms with E-state index in [4.69, 9.17) is 10.5 Å². The number of nitrogen functional groups attached to an aromatic ring is 1. The van der Waals surface area contributed by atoms with E-state index in [0.29, 0.717) is 11.8 Å². The number of nitrogens with one attached hydrogen (secondary N) is 1. The van der Waals surface area contributed by atoms with Crippen LogP contribution in [-0.4, -0.2) is 23.9 Å². The normalized spacial score (nSPS) is 13.1. The predicted molar refractivity (Wildman–Crippen MR) is 127 cm³/mol. The third kappa shape index (κ3) is 8.32. The monoisotopic (exact) mass is 577 g/mol. The molecule has 0 aliphatic rings. The molecule has 0 aliphatic carbocycles. The highest BCUT2D eigenvalue weighted by atomic mass is 32.2. The first-order valence-electron chi connectivity index (χ1n) is 11.0. The molecule has 0 spiro atoms. The Kier molecular flexibility index (Phi) is 8.75. The molecule has 39 heavy (non-hydrogen) atoms. The van der Waals surface area contributed by atoms with E-state index in [0.717, 1.165) is 30.3 Å². The Bertz CT molecular complexity index is 1410. The van der Waals surface area contributed by atoms with Crippen LogP contribution in [0.2, 0.25) is 0 Å². The maximum absolute atomic E-state index is 13.2. The van der Waals surface area contributed by atoms with Crippen LogP contribution >= 0.6 is 0 Å². The number of nitrogens with zero attached hydrogens (tertiary/aromatic N) is 1.